The summed E-state index contributed by atoms with van der Waals surface area (Å²) in [5, 5.41) is 21.2. The molecule has 0 aliphatic heterocycles. The van der Waals surface area contributed by atoms with Crippen LogP contribution in [0.5, 0.6) is 0 Å². The van der Waals surface area contributed by atoms with E-state index in [1.54, 1.807) is 6.92 Å². The summed E-state index contributed by atoms with van der Waals surface area (Å²) in [7, 11) is -7.77. The number of rotatable bonds is 12. The van der Waals surface area contributed by atoms with Crippen LogP contribution in [0.2, 0.25) is 5.28 Å². The summed E-state index contributed by atoms with van der Waals surface area (Å²) < 4.78 is 44.1. The van der Waals surface area contributed by atoms with Crippen molar-refractivity contribution in [2.24, 2.45) is 0 Å². The first-order chi connectivity index (χ1) is 17.2. The van der Waals surface area contributed by atoms with E-state index in [1.165, 1.54) is 6.08 Å². The van der Waals surface area contributed by atoms with E-state index in [2.05, 4.69) is 15.0 Å². The summed E-state index contributed by atoms with van der Waals surface area (Å²) in [4.78, 5) is 42.1. The number of hydrogen-bond acceptors (Lipinski definition) is 9. The molecule has 0 bridgehead atoms. The molecule has 0 spiro atoms. The Morgan fingerprint density at radius 3 is 2.54 bits per heavy atom. The number of fused-ring (bicyclic) bond motifs is 1. The van der Waals surface area contributed by atoms with E-state index in [0.717, 1.165) is 36.6 Å². The zero-order chi connectivity index (χ0) is 27.5. The van der Waals surface area contributed by atoms with Crippen molar-refractivity contribution in [2.45, 2.75) is 63.6 Å². The Labute approximate surface area is 217 Å². The van der Waals surface area contributed by atoms with Crippen LogP contribution in [0.25, 0.3) is 11.2 Å². The highest BCUT2D eigenvalue weighted by Crippen LogP contribution is 2.55. The smallest absolute Gasteiger partial charge is 0.340 e. The molecule has 0 saturated heterocycles. The first-order valence-electron chi connectivity index (χ1n) is 11.6. The second-order valence-corrected chi connectivity index (χ2v) is 13.2. The molecule has 37 heavy (non-hydrogen) atoms. The van der Waals surface area contributed by atoms with Gasteiger partial charge in [-0.25, -0.2) is 9.37 Å². The zero-order valence-corrected chi connectivity index (χ0v) is 22.8. The van der Waals surface area contributed by atoms with Crippen molar-refractivity contribution in [3.63, 3.8) is 0 Å². The minimum Gasteiger partial charge on any atom is -0.385 e. The van der Waals surface area contributed by atoms with Crippen molar-refractivity contribution in [2.75, 3.05) is 24.5 Å². The molecule has 1 aliphatic rings. The van der Waals surface area contributed by atoms with Gasteiger partial charge in [-0.3, -0.25) is 13.7 Å². The number of halogens is 2. The Bertz CT molecular complexity index is 1220. The van der Waals surface area contributed by atoms with Crippen molar-refractivity contribution in [1.82, 2.24) is 19.5 Å². The predicted molar refractivity (Wildman–Crippen MR) is 134 cm³/mol. The van der Waals surface area contributed by atoms with E-state index < -0.39 is 46.2 Å². The second kappa shape index (κ2) is 12.1. The Balaban J connectivity index is 1.83. The first-order valence-corrected chi connectivity index (χ1v) is 15.5. The SMILES string of the molecule is CC/C=C(/COP(=O)(O)CP(=O)(O)O)[C@@H](O)[C@H](F)[C@@H](O)n1cnc2c(N(C)C3CCCC3)nc(Cl)nc21. The van der Waals surface area contributed by atoms with E-state index in [1.807, 2.05) is 11.9 Å². The van der Waals surface area contributed by atoms with Crippen LogP contribution in [0.4, 0.5) is 10.2 Å². The lowest BCUT2D eigenvalue weighted by Crippen LogP contribution is -2.34. The number of allylic oxidation sites excluding steroid dienone is 1. The van der Waals surface area contributed by atoms with Crippen LogP contribution >= 0.6 is 26.8 Å². The fourth-order valence-electron chi connectivity index (χ4n) is 4.28. The number of hydrogen-bond donors (Lipinski definition) is 5. The highest BCUT2D eigenvalue weighted by atomic mass is 35.5. The Morgan fingerprint density at radius 2 is 1.95 bits per heavy atom. The number of aliphatic hydroxyl groups is 2. The number of alkyl halides is 1. The average Bonchev–Trinajstić information content (AvgIpc) is 3.48. The van der Waals surface area contributed by atoms with Gasteiger partial charge in [-0.15, -0.1) is 0 Å². The molecule has 3 rings (SSSR count). The van der Waals surface area contributed by atoms with Gasteiger partial charge in [0.25, 0.3) is 0 Å². The number of aromatic nitrogens is 4. The highest BCUT2D eigenvalue weighted by molar-refractivity contribution is 7.70. The van der Waals surface area contributed by atoms with Gasteiger partial charge >= 0.3 is 15.2 Å². The summed E-state index contributed by atoms with van der Waals surface area (Å²) in [5.74, 6) is -1.01. The van der Waals surface area contributed by atoms with Gasteiger partial charge in [0, 0.05) is 13.1 Å². The molecule has 0 aromatic carbocycles. The predicted octanol–water partition coefficient (Wildman–Crippen LogP) is 2.72. The first kappa shape index (κ1) is 30.1. The van der Waals surface area contributed by atoms with Gasteiger partial charge in [0.1, 0.15) is 6.10 Å². The van der Waals surface area contributed by atoms with Crippen molar-refractivity contribution < 1.29 is 42.9 Å². The lowest BCUT2D eigenvalue weighted by Gasteiger charge is -2.26. The van der Waals surface area contributed by atoms with E-state index in [0.29, 0.717) is 5.82 Å². The Morgan fingerprint density at radius 1 is 1.30 bits per heavy atom. The van der Waals surface area contributed by atoms with Crippen LogP contribution in [0, 0.1) is 0 Å². The molecule has 2 aromatic rings. The molecule has 1 aliphatic carbocycles. The average molecular weight is 586 g/mol. The summed E-state index contributed by atoms with van der Waals surface area (Å²) in [5.41, 5.74) is 0.125. The van der Waals surface area contributed by atoms with Gasteiger partial charge in [0.05, 0.1) is 12.9 Å². The molecule has 1 saturated carbocycles. The molecular formula is C20H31ClFN5O8P2. The van der Waals surface area contributed by atoms with E-state index in [4.69, 9.17) is 25.9 Å². The molecule has 0 radical (unpaired) electrons. The van der Waals surface area contributed by atoms with Gasteiger partial charge in [0.2, 0.25) is 5.28 Å². The van der Waals surface area contributed by atoms with Crippen LogP contribution in [0.1, 0.15) is 45.3 Å². The molecule has 208 valence electrons. The summed E-state index contributed by atoms with van der Waals surface area (Å²) in [6.45, 7) is 0.847. The molecule has 17 heteroatoms. The topological polar surface area (TPSA) is 191 Å². The number of imidazole rings is 1. The maximum atomic E-state index is 15.4. The maximum Gasteiger partial charge on any atom is 0.340 e. The van der Waals surface area contributed by atoms with Crippen LogP contribution in [-0.2, 0) is 13.7 Å². The number of anilines is 1. The quantitative estimate of drug-likeness (QED) is 0.139. The second-order valence-electron chi connectivity index (χ2n) is 8.90. The zero-order valence-electron chi connectivity index (χ0n) is 20.3. The molecule has 2 aromatic heterocycles. The third-order valence-corrected chi connectivity index (χ3v) is 9.70. The lowest BCUT2D eigenvalue weighted by atomic mass is 10.0. The van der Waals surface area contributed by atoms with E-state index in [9.17, 15) is 24.2 Å². The highest BCUT2D eigenvalue weighted by Gasteiger charge is 2.35. The molecule has 1 unspecified atom stereocenters. The van der Waals surface area contributed by atoms with Gasteiger partial charge in [0.15, 0.2) is 35.3 Å². The van der Waals surface area contributed by atoms with Gasteiger partial charge < -0.3 is 34.3 Å². The summed E-state index contributed by atoms with van der Waals surface area (Å²) >= 11 is 6.13. The molecule has 2 heterocycles. The maximum absolute atomic E-state index is 15.4. The fourth-order valence-corrected chi connectivity index (χ4v) is 6.98. The van der Waals surface area contributed by atoms with E-state index >= 15 is 4.39 Å². The minimum absolute atomic E-state index is 0.0426. The molecule has 5 N–H and O–H groups in total. The van der Waals surface area contributed by atoms with E-state index in [-0.39, 0.29) is 34.5 Å². The van der Waals surface area contributed by atoms with Crippen molar-refractivity contribution in [1.29, 1.82) is 0 Å². The van der Waals surface area contributed by atoms with Crippen LogP contribution in [-0.4, -0.2) is 82.3 Å². The summed E-state index contributed by atoms with van der Waals surface area (Å²) in [6.07, 6.45) is 0.448. The third-order valence-electron chi connectivity index (χ3n) is 6.10. The van der Waals surface area contributed by atoms with Crippen LogP contribution in [0.15, 0.2) is 18.0 Å². The molecule has 1 fully saturated rings. The van der Waals surface area contributed by atoms with Crippen molar-refractivity contribution in [3.8, 4) is 0 Å². The molecule has 0 amide bonds. The fraction of sp³-hybridized carbons (Fsp3) is 0.650. The lowest BCUT2D eigenvalue weighted by molar-refractivity contribution is -0.0352. The minimum atomic E-state index is -4.87. The number of nitrogens with zero attached hydrogens (tertiary/aromatic N) is 5. The third kappa shape index (κ3) is 7.56. The van der Waals surface area contributed by atoms with Gasteiger partial charge in [-0.1, -0.05) is 25.8 Å². The molecular weight excluding hydrogens is 555 g/mol. The standard InChI is InChI=1S/C20H31ClFN5O8P2/c1-3-6-12(9-35-37(33,34)11-36(30,31)32)16(28)14(22)19(29)27-10-23-15-17(24-20(21)25-18(15)27)26(2)13-7-4-5-8-13/h6,10,13-14,16,19,28-29H,3-5,7-9,11H2,1-2H3,(H,33,34)(H2,30,31,32)/b12-6-/t14-,16+,19+/m0/s1. The van der Waals surface area contributed by atoms with Crippen molar-refractivity contribution in [3.05, 3.63) is 23.3 Å². The number of aliphatic hydroxyl groups excluding tert-OH is 2. The monoisotopic (exact) mass is 585 g/mol. The van der Waals surface area contributed by atoms with Gasteiger partial charge in [-0.2, -0.15) is 9.97 Å². The Kier molecular flexibility index (Phi) is 9.87. The van der Waals surface area contributed by atoms with Crippen LogP contribution in [0.3, 0.4) is 0 Å². The molecule has 4 atom stereocenters. The van der Waals surface area contributed by atoms with Crippen molar-refractivity contribution >= 4 is 43.8 Å². The Hall–Kier alpha value is -1.47. The van der Waals surface area contributed by atoms with Gasteiger partial charge in [-0.05, 0) is 36.4 Å². The summed E-state index contributed by atoms with van der Waals surface area (Å²) in [6, 6.07) is 0.217. The largest absolute Gasteiger partial charge is 0.385 e. The van der Waals surface area contributed by atoms with Crippen LogP contribution < -0.4 is 4.90 Å². The normalized spacial score (nSPS) is 19.6. The molecule has 13 nitrogen and oxygen atoms in total.